The predicted octanol–water partition coefficient (Wildman–Crippen LogP) is 8.01. The summed E-state index contributed by atoms with van der Waals surface area (Å²) < 4.78 is 0. The zero-order chi connectivity index (χ0) is 14.7. The van der Waals surface area contributed by atoms with E-state index >= 15 is 0 Å². The molecule has 0 heteroatoms. The Balaban J connectivity index is 0. The van der Waals surface area contributed by atoms with Crippen LogP contribution >= 0.6 is 0 Å². The lowest BCUT2D eigenvalue weighted by atomic mass is 10.1. The van der Waals surface area contributed by atoms with Gasteiger partial charge in [-0.05, 0) is 38.5 Å². The molecule has 0 aliphatic heterocycles. The Bertz CT molecular complexity index is 245. The number of allylic oxidation sites excluding steroid dienone is 6. The molecule has 0 nitrogen and oxygen atoms in total. The first-order chi connectivity index (χ1) is 9.91. The highest BCUT2D eigenvalue weighted by atomic mass is 13.9. The van der Waals surface area contributed by atoms with Gasteiger partial charge in [0.05, 0.1) is 0 Å². The molecule has 0 bridgehead atoms. The van der Waals surface area contributed by atoms with Crippen LogP contribution in [0.3, 0.4) is 0 Å². The van der Waals surface area contributed by atoms with Gasteiger partial charge < -0.3 is 0 Å². The van der Waals surface area contributed by atoms with Crippen molar-refractivity contribution in [1.82, 2.24) is 0 Å². The van der Waals surface area contributed by atoms with Crippen LogP contribution in [-0.4, -0.2) is 0 Å². The Morgan fingerprint density at radius 1 is 0.476 bits per heavy atom. The molecule has 21 heavy (non-hydrogen) atoms. The summed E-state index contributed by atoms with van der Waals surface area (Å²) in [6.07, 6.45) is 29.5. The summed E-state index contributed by atoms with van der Waals surface area (Å²) in [6, 6.07) is 0. The van der Waals surface area contributed by atoms with E-state index in [1.165, 1.54) is 64.2 Å². The molecule has 0 heterocycles. The first-order valence-electron chi connectivity index (χ1n) is 8.86. The second-order valence-electron chi connectivity index (χ2n) is 5.58. The largest absolute Gasteiger partial charge is 0.0882 e. The third kappa shape index (κ3) is 21.7. The van der Waals surface area contributed by atoms with Gasteiger partial charge in [0, 0.05) is 0 Å². The van der Waals surface area contributed by atoms with Gasteiger partial charge in [-0.25, -0.2) is 0 Å². The van der Waals surface area contributed by atoms with Crippen molar-refractivity contribution in [3.8, 4) is 0 Å². The molecule has 0 atom stereocenters. The van der Waals surface area contributed by atoms with E-state index < -0.39 is 0 Å². The van der Waals surface area contributed by atoms with Crippen LogP contribution in [0.25, 0.3) is 0 Å². The molecule has 0 aromatic carbocycles. The molecule has 0 fully saturated rings. The molecule has 0 aromatic rings. The summed E-state index contributed by atoms with van der Waals surface area (Å²) in [6.45, 7) is 4.53. The van der Waals surface area contributed by atoms with Crippen LogP contribution in [0.5, 0.6) is 0 Å². The lowest BCUT2D eigenvalue weighted by Crippen LogP contribution is -1.75. The Labute approximate surface area is 135 Å². The van der Waals surface area contributed by atoms with Crippen LogP contribution in [0.4, 0.5) is 0 Å². The highest BCUT2D eigenvalue weighted by Crippen LogP contribution is 2.05. The average Bonchev–Trinajstić information content (AvgIpc) is 2.47. The number of unbranched alkanes of at least 4 members (excludes halogenated alkanes) is 8. The molecule has 0 saturated heterocycles. The van der Waals surface area contributed by atoms with Crippen molar-refractivity contribution >= 4 is 0 Å². The highest BCUT2D eigenvalue weighted by molar-refractivity contribution is 4.97. The fourth-order valence-corrected chi connectivity index (χ4v) is 2.16. The number of hydrogen-bond donors (Lipinski definition) is 0. The topological polar surface area (TPSA) is 0 Å². The van der Waals surface area contributed by atoms with Gasteiger partial charge in [0.1, 0.15) is 0 Å². The zero-order valence-electron chi connectivity index (χ0n) is 13.9. The molecular weight excluding hydrogens is 252 g/mol. The summed E-state index contributed by atoms with van der Waals surface area (Å²) >= 11 is 0. The Morgan fingerprint density at radius 2 is 0.857 bits per heavy atom. The van der Waals surface area contributed by atoms with Crippen LogP contribution < -0.4 is 0 Å². The summed E-state index contributed by atoms with van der Waals surface area (Å²) in [4.78, 5) is 0. The predicted molar refractivity (Wildman–Crippen MR) is 101 cm³/mol. The van der Waals surface area contributed by atoms with E-state index in [4.69, 9.17) is 0 Å². The first kappa shape index (κ1) is 22.5. The molecule has 0 spiro atoms. The second kappa shape index (κ2) is 21.5. The molecule has 0 rings (SSSR count). The molecule has 124 valence electrons. The van der Waals surface area contributed by atoms with E-state index in [2.05, 4.69) is 50.3 Å². The molecule has 0 saturated carbocycles. The SMILES string of the molecule is C.CCCCC/C=C\C/C=C\C/C=C\CCCCCCC. The lowest BCUT2D eigenvalue weighted by molar-refractivity contribution is 0.637. The van der Waals surface area contributed by atoms with Gasteiger partial charge in [-0.2, -0.15) is 0 Å². The van der Waals surface area contributed by atoms with Gasteiger partial charge in [-0.1, -0.05) is 96.3 Å². The van der Waals surface area contributed by atoms with Gasteiger partial charge in [-0.15, -0.1) is 0 Å². The molecule has 0 radical (unpaired) electrons. The normalized spacial score (nSPS) is 11.7. The van der Waals surface area contributed by atoms with Gasteiger partial charge >= 0.3 is 0 Å². The summed E-state index contributed by atoms with van der Waals surface area (Å²) in [5.74, 6) is 0. The zero-order valence-corrected chi connectivity index (χ0v) is 13.9. The third-order valence-electron chi connectivity index (χ3n) is 3.49. The van der Waals surface area contributed by atoms with Crippen LogP contribution in [0.15, 0.2) is 36.5 Å². The summed E-state index contributed by atoms with van der Waals surface area (Å²) in [7, 11) is 0. The lowest BCUT2D eigenvalue weighted by Gasteiger charge is -1.95. The third-order valence-corrected chi connectivity index (χ3v) is 3.49. The Morgan fingerprint density at radius 3 is 1.38 bits per heavy atom. The smallest absolute Gasteiger partial charge is 0.0169 e. The van der Waals surface area contributed by atoms with Gasteiger partial charge in [0.2, 0.25) is 0 Å². The maximum atomic E-state index is 2.34. The van der Waals surface area contributed by atoms with Crippen LogP contribution in [0, 0.1) is 0 Å². The maximum absolute atomic E-state index is 2.34. The van der Waals surface area contributed by atoms with Crippen molar-refractivity contribution in [2.24, 2.45) is 0 Å². The van der Waals surface area contributed by atoms with E-state index in [-0.39, 0.29) is 7.43 Å². The fraction of sp³-hybridized carbons (Fsp3) is 0.714. The molecule has 0 aromatic heterocycles. The van der Waals surface area contributed by atoms with E-state index in [0.717, 1.165) is 12.8 Å². The monoisotopic (exact) mass is 292 g/mol. The van der Waals surface area contributed by atoms with Gasteiger partial charge in [-0.3, -0.25) is 0 Å². The van der Waals surface area contributed by atoms with E-state index in [1.807, 2.05) is 0 Å². The molecule has 0 aliphatic rings. The minimum absolute atomic E-state index is 0. The first-order valence-corrected chi connectivity index (χ1v) is 8.86. The van der Waals surface area contributed by atoms with Crippen molar-refractivity contribution in [3.05, 3.63) is 36.5 Å². The van der Waals surface area contributed by atoms with E-state index in [1.54, 1.807) is 0 Å². The highest BCUT2D eigenvalue weighted by Gasteiger charge is 1.85. The maximum Gasteiger partial charge on any atom is -0.0169 e. The molecule has 0 aliphatic carbocycles. The summed E-state index contributed by atoms with van der Waals surface area (Å²) in [5, 5.41) is 0. The van der Waals surface area contributed by atoms with E-state index in [9.17, 15) is 0 Å². The Hall–Kier alpha value is -0.780. The van der Waals surface area contributed by atoms with Gasteiger partial charge in [0.25, 0.3) is 0 Å². The van der Waals surface area contributed by atoms with Crippen molar-refractivity contribution in [1.29, 1.82) is 0 Å². The van der Waals surface area contributed by atoms with Gasteiger partial charge in [0.15, 0.2) is 0 Å². The van der Waals surface area contributed by atoms with Crippen molar-refractivity contribution in [3.63, 3.8) is 0 Å². The van der Waals surface area contributed by atoms with Crippen molar-refractivity contribution in [2.45, 2.75) is 98.3 Å². The molecule has 0 unspecified atom stereocenters. The quantitative estimate of drug-likeness (QED) is 0.224. The van der Waals surface area contributed by atoms with Crippen LogP contribution in [0.2, 0.25) is 0 Å². The second-order valence-corrected chi connectivity index (χ2v) is 5.58. The standard InChI is InChI=1S/C20H36.CH4/c1-3-5-7-9-11-13-15-17-19-20-18-16-14-12-10-8-6-4-2;/h11,13,16-19H,3-10,12,14-15,20H2,1-2H3;1H4/b13-11-,18-16-,19-17-;. The number of rotatable bonds is 14. The Kier molecular flexibility index (Phi) is 23.1. The molecular formula is C21H40. The van der Waals surface area contributed by atoms with Crippen LogP contribution in [0.1, 0.15) is 98.3 Å². The average molecular weight is 293 g/mol. The molecule has 0 N–H and O–H groups in total. The summed E-state index contributed by atoms with van der Waals surface area (Å²) in [5.41, 5.74) is 0. The number of hydrogen-bond acceptors (Lipinski definition) is 0. The minimum atomic E-state index is 0. The fourth-order valence-electron chi connectivity index (χ4n) is 2.16. The minimum Gasteiger partial charge on any atom is -0.0882 e. The van der Waals surface area contributed by atoms with E-state index in [0.29, 0.717) is 0 Å². The van der Waals surface area contributed by atoms with Crippen LogP contribution in [-0.2, 0) is 0 Å². The van der Waals surface area contributed by atoms with Crippen molar-refractivity contribution in [2.75, 3.05) is 0 Å². The van der Waals surface area contributed by atoms with Crippen molar-refractivity contribution < 1.29 is 0 Å². The molecule has 0 amide bonds.